The number of rotatable bonds is 9. The second kappa shape index (κ2) is 7.26. The highest BCUT2D eigenvalue weighted by molar-refractivity contribution is 9.10. The molecule has 0 bridgehead atoms. The van der Waals surface area contributed by atoms with E-state index in [2.05, 4.69) is 26.0 Å². The summed E-state index contributed by atoms with van der Waals surface area (Å²) in [5.41, 5.74) is 0. The Morgan fingerprint density at radius 2 is 2.14 bits per heavy atom. The Morgan fingerprint density at radius 1 is 1.43 bits per heavy atom. The van der Waals surface area contributed by atoms with Gasteiger partial charge in [0.25, 0.3) is 0 Å². The molecule has 0 amide bonds. The van der Waals surface area contributed by atoms with Crippen molar-refractivity contribution < 1.29 is 12.8 Å². The molecule has 1 fully saturated rings. The molecule has 0 aliphatic heterocycles. The van der Waals surface area contributed by atoms with Gasteiger partial charge in [0.15, 0.2) is 4.67 Å². The minimum absolute atomic E-state index is 0.175. The Morgan fingerprint density at radius 3 is 2.76 bits per heavy atom. The van der Waals surface area contributed by atoms with Crippen LogP contribution >= 0.6 is 15.9 Å². The van der Waals surface area contributed by atoms with Gasteiger partial charge in [-0.2, -0.15) is 0 Å². The monoisotopic (exact) mass is 378 g/mol. The SMILES string of the molecule is CC(C)NCc1cc(S(=O)(=O)NCCCC2CC2)c(Br)o1. The molecule has 5 nitrogen and oxygen atoms in total. The lowest BCUT2D eigenvalue weighted by Gasteiger charge is -2.05. The van der Waals surface area contributed by atoms with E-state index in [0.717, 1.165) is 18.8 Å². The molecule has 2 N–H and O–H groups in total. The van der Waals surface area contributed by atoms with Crippen LogP contribution in [0.3, 0.4) is 0 Å². The molecule has 0 radical (unpaired) electrons. The van der Waals surface area contributed by atoms with Crippen molar-refractivity contribution in [2.45, 2.75) is 57.0 Å². The van der Waals surface area contributed by atoms with Crippen molar-refractivity contribution in [2.75, 3.05) is 6.54 Å². The zero-order chi connectivity index (χ0) is 15.5. The minimum atomic E-state index is -3.50. The third-order valence-electron chi connectivity index (χ3n) is 3.46. The van der Waals surface area contributed by atoms with E-state index in [1.54, 1.807) is 6.07 Å². The first kappa shape index (κ1) is 17.0. The Bertz CT molecular complexity index is 565. The van der Waals surface area contributed by atoms with Gasteiger partial charge >= 0.3 is 0 Å². The largest absolute Gasteiger partial charge is 0.452 e. The highest BCUT2D eigenvalue weighted by Gasteiger charge is 2.23. The van der Waals surface area contributed by atoms with Crippen LogP contribution in [0, 0.1) is 5.92 Å². The van der Waals surface area contributed by atoms with E-state index in [9.17, 15) is 8.42 Å². The summed E-state index contributed by atoms with van der Waals surface area (Å²) in [6.45, 7) is 5.04. The summed E-state index contributed by atoms with van der Waals surface area (Å²) in [5, 5.41) is 3.20. The summed E-state index contributed by atoms with van der Waals surface area (Å²) in [7, 11) is -3.50. The Hall–Kier alpha value is -0.370. The van der Waals surface area contributed by atoms with E-state index in [4.69, 9.17) is 4.42 Å². The van der Waals surface area contributed by atoms with Crippen LogP contribution in [0.4, 0.5) is 0 Å². The molecule has 21 heavy (non-hydrogen) atoms. The third-order valence-corrected chi connectivity index (χ3v) is 5.78. The van der Waals surface area contributed by atoms with Crippen molar-refractivity contribution in [2.24, 2.45) is 5.92 Å². The van der Waals surface area contributed by atoms with Gasteiger partial charge in [-0.15, -0.1) is 0 Å². The fourth-order valence-electron chi connectivity index (χ4n) is 2.05. The molecule has 1 saturated carbocycles. The van der Waals surface area contributed by atoms with Gasteiger partial charge in [-0.25, -0.2) is 13.1 Å². The number of furan rings is 1. The predicted octanol–water partition coefficient (Wildman–Crippen LogP) is 3.01. The Balaban J connectivity index is 1.91. The number of hydrogen-bond acceptors (Lipinski definition) is 4. The zero-order valence-corrected chi connectivity index (χ0v) is 14.9. The first-order chi connectivity index (χ1) is 9.88. The molecule has 120 valence electrons. The van der Waals surface area contributed by atoms with E-state index in [1.165, 1.54) is 12.8 Å². The quantitative estimate of drug-likeness (QED) is 0.647. The number of nitrogens with one attached hydrogen (secondary N) is 2. The van der Waals surface area contributed by atoms with Crippen molar-refractivity contribution in [1.29, 1.82) is 0 Å². The van der Waals surface area contributed by atoms with Gasteiger partial charge in [-0.05, 0) is 34.7 Å². The molecule has 0 saturated heterocycles. The molecular weight excluding hydrogens is 356 g/mol. The average molecular weight is 379 g/mol. The van der Waals surface area contributed by atoms with Gasteiger partial charge in [0.2, 0.25) is 10.0 Å². The lowest BCUT2D eigenvalue weighted by Crippen LogP contribution is -2.25. The van der Waals surface area contributed by atoms with E-state index >= 15 is 0 Å². The number of hydrogen-bond donors (Lipinski definition) is 2. The van der Waals surface area contributed by atoms with Crippen LogP contribution in [-0.2, 0) is 16.6 Å². The van der Waals surface area contributed by atoms with Gasteiger partial charge in [0, 0.05) is 18.7 Å². The predicted molar refractivity (Wildman–Crippen MR) is 85.5 cm³/mol. The molecule has 0 atom stereocenters. The first-order valence-electron chi connectivity index (χ1n) is 7.39. The lowest BCUT2D eigenvalue weighted by atomic mass is 10.2. The highest BCUT2D eigenvalue weighted by Crippen LogP contribution is 2.33. The zero-order valence-electron chi connectivity index (χ0n) is 12.5. The summed E-state index contributed by atoms with van der Waals surface area (Å²) in [4.78, 5) is 0.175. The standard InChI is InChI=1S/C14H23BrN2O3S/c1-10(2)16-9-12-8-13(14(15)20-12)21(18,19)17-7-3-4-11-5-6-11/h8,10-11,16-17H,3-7,9H2,1-2H3. The van der Waals surface area contributed by atoms with Gasteiger partial charge in [0.05, 0.1) is 6.54 Å². The van der Waals surface area contributed by atoms with Crippen molar-refractivity contribution in [3.05, 3.63) is 16.5 Å². The Kier molecular flexibility index (Phi) is 5.88. The topological polar surface area (TPSA) is 71.3 Å². The number of halogens is 1. The van der Waals surface area contributed by atoms with Crippen LogP contribution in [0.25, 0.3) is 0 Å². The summed E-state index contributed by atoms with van der Waals surface area (Å²) in [6, 6.07) is 1.89. The maximum Gasteiger partial charge on any atom is 0.244 e. The average Bonchev–Trinajstić information content (AvgIpc) is 3.14. The van der Waals surface area contributed by atoms with E-state index in [1.807, 2.05) is 13.8 Å². The van der Waals surface area contributed by atoms with Crippen LogP contribution in [0.2, 0.25) is 0 Å². The van der Waals surface area contributed by atoms with E-state index in [-0.39, 0.29) is 9.56 Å². The van der Waals surface area contributed by atoms with Gasteiger partial charge in [-0.3, -0.25) is 0 Å². The molecule has 1 aliphatic rings. The fraction of sp³-hybridized carbons (Fsp3) is 0.714. The third kappa shape index (κ3) is 5.39. The van der Waals surface area contributed by atoms with Crippen LogP contribution in [0.5, 0.6) is 0 Å². The molecular formula is C14H23BrN2O3S. The summed E-state index contributed by atoms with van der Waals surface area (Å²) >= 11 is 3.19. The molecule has 1 aliphatic carbocycles. The molecule has 0 spiro atoms. The molecule has 0 unspecified atom stereocenters. The van der Waals surface area contributed by atoms with E-state index in [0.29, 0.717) is 24.9 Å². The smallest absolute Gasteiger partial charge is 0.244 e. The first-order valence-corrected chi connectivity index (χ1v) is 9.67. The fourth-order valence-corrected chi connectivity index (χ4v) is 4.12. The molecule has 1 aromatic rings. The second-order valence-electron chi connectivity index (χ2n) is 5.87. The Labute approximate surface area is 135 Å². The van der Waals surface area contributed by atoms with Crippen LogP contribution in [-0.4, -0.2) is 21.0 Å². The molecule has 2 rings (SSSR count). The molecule has 1 heterocycles. The second-order valence-corrected chi connectivity index (χ2v) is 8.33. The maximum atomic E-state index is 12.2. The van der Waals surface area contributed by atoms with Crippen molar-refractivity contribution >= 4 is 26.0 Å². The van der Waals surface area contributed by atoms with Gasteiger partial charge in [-0.1, -0.05) is 26.7 Å². The lowest BCUT2D eigenvalue weighted by molar-refractivity contribution is 0.447. The van der Waals surface area contributed by atoms with Crippen molar-refractivity contribution in [3.8, 4) is 0 Å². The summed E-state index contributed by atoms with van der Waals surface area (Å²) in [5.74, 6) is 1.43. The van der Waals surface area contributed by atoms with Gasteiger partial charge in [0.1, 0.15) is 10.7 Å². The normalized spacial score (nSPS) is 15.8. The number of sulfonamides is 1. The van der Waals surface area contributed by atoms with Crippen LogP contribution < -0.4 is 10.0 Å². The van der Waals surface area contributed by atoms with Crippen LogP contribution in [0.1, 0.15) is 45.3 Å². The van der Waals surface area contributed by atoms with E-state index < -0.39 is 10.0 Å². The maximum absolute atomic E-state index is 12.2. The molecule has 1 aromatic heterocycles. The summed E-state index contributed by atoms with van der Waals surface area (Å²) in [6.07, 6.45) is 4.60. The van der Waals surface area contributed by atoms with Gasteiger partial charge < -0.3 is 9.73 Å². The minimum Gasteiger partial charge on any atom is -0.452 e. The molecule has 0 aromatic carbocycles. The van der Waals surface area contributed by atoms with Crippen molar-refractivity contribution in [3.63, 3.8) is 0 Å². The molecule has 7 heteroatoms. The highest BCUT2D eigenvalue weighted by atomic mass is 79.9. The van der Waals surface area contributed by atoms with Crippen LogP contribution in [0.15, 0.2) is 20.0 Å². The summed E-state index contributed by atoms with van der Waals surface area (Å²) < 4.78 is 32.8. The van der Waals surface area contributed by atoms with Crippen molar-refractivity contribution in [1.82, 2.24) is 10.0 Å².